The van der Waals surface area contributed by atoms with Gasteiger partial charge in [0, 0.05) is 44.5 Å². The highest BCUT2D eigenvalue weighted by Crippen LogP contribution is 2.17. The zero-order chi connectivity index (χ0) is 18.2. The lowest BCUT2D eigenvalue weighted by molar-refractivity contribution is -0.00411. The van der Waals surface area contributed by atoms with Gasteiger partial charge in [-0.2, -0.15) is 0 Å². The van der Waals surface area contributed by atoms with Crippen molar-refractivity contribution in [1.82, 2.24) is 4.90 Å². The number of rotatable bonds is 10. The van der Waals surface area contributed by atoms with E-state index < -0.39 is 17.7 Å². The summed E-state index contributed by atoms with van der Waals surface area (Å²) in [4.78, 5) is 1.95. The second kappa shape index (κ2) is 10.2. The van der Waals surface area contributed by atoms with Crippen molar-refractivity contribution in [2.75, 3.05) is 32.9 Å². The van der Waals surface area contributed by atoms with Crippen molar-refractivity contribution in [3.63, 3.8) is 0 Å². The highest BCUT2D eigenvalue weighted by Gasteiger charge is 2.22. The van der Waals surface area contributed by atoms with Crippen LogP contribution >= 0.6 is 0 Å². The summed E-state index contributed by atoms with van der Waals surface area (Å²) in [5.74, 6) is -0.750. The number of aliphatic hydroxyl groups is 1. The van der Waals surface area contributed by atoms with Crippen molar-refractivity contribution in [2.45, 2.75) is 45.4 Å². The van der Waals surface area contributed by atoms with Gasteiger partial charge < -0.3 is 14.6 Å². The summed E-state index contributed by atoms with van der Waals surface area (Å²) in [5, 5.41) is 10.2. The van der Waals surface area contributed by atoms with E-state index in [0.717, 1.165) is 25.5 Å². The summed E-state index contributed by atoms with van der Waals surface area (Å²) in [5.41, 5.74) is 0.412. The summed E-state index contributed by atoms with van der Waals surface area (Å²) in [7, 11) is 0. The molecular weight excluding hydrogens is 328 g/mol. The minimum atomic E-state index is -0.663. The van der Waals surface area contributed by atoms with Crippen molar-refractivity contribution >= 4 is 0 Å². The quantitative estimate of drug-likeness (QED) is 0.699. The lowest BCUT2D eigenvalue weighted by atomic mass is 10.1. The molecule has 2 atom stereocenters. The SMILES string of the molecule is CC(C)COC[C@H](O)CN(Cc1ccc(F)cc1F)C[C@@H]1CCCO1. The van der Waals surface area contributed by atoms with Gasteiger partial charge in [-0.15, -0.1) is 0 Å². The van der Waals surface area contributed by atoms with Crippen LogP contribution in [0.15, 0.2) is 18.2 Å². The first-order chi connectivity index (χ1) is 11.9. The first-order valence-electron chi connectivity index (χ1n) is 8.97. The molecule has 142 valence electrons. The molecular formula is C19H29F2NO3. The molecule has 0 aliphatic carbocycles. The van der Waals surface area contributed by atoms with Gasteiger partial charge in [0.25, 0.3) is 0 Å². The van der Waals surface area contributed by atoms with Crippen molar-refractivity contribution in [3.8, 4) is 0 Å². The van der Waals surface area contributed by atoms with Gasteiger partial charge in [-0.3, -0.25) is 4.90 Å². The molecule has 0 amide bonds. The predicted molar refractivity (Wildman–Crippen MR) is 92.3 cm³/mol. The Hall–Kier alpha value is -1.08. The molecule has 0 saturated carbocycles. The first kappa shape index (κ1) is 20.2. The third-order valence-electron chi connectivity index (χ3n) is 4.13. The number of aliphatic hydroxyl groups excluding tert-OH is 1. The highest BCUT2D eigenvalue weighted by molar-refractivity contribution is 5.18. The molecule has 0 radical (unpaired) electrons. The van der Waals surface area contributed by atoms with Crippen LogP contribution in [0.1, 0.15) is 32.3 Å². The Balaban J connectivity index is 1.94. The fraction of sp³-hybridized carbons (Fsp3) is 0.684. The summed E-state index contributed by atoms with van der Waals surface area (Å²) in [6.45, 7) is 6.94. The summed E-state index contributed by atoms with van der Waals surface area (Å²) < 4.78 is 38.2. The topological polar surface area (TPSA) is 41.9 Å². The van der Waals surface area contributed by atoms with Gasteiger partial charge in [-0.25, -0.2) is 8.78 Å². The fourth-order valence-corrected chi connectivity index (χ4v) is 2.96. The number of nitrogens with zero attached hydrogens (tertiary/aromatic N) is 1. The Kier molecular flexibility index (Phi) is 8.22. The molecule has 6 heteroatoms. The average molecular weight is 357 g/mol. The third-order valence-corrected chi connectivity index (χ3v) is 4.13. The predicted octanol–water partition coefficient (Wildman–Crippen LogP) is 2.98. The van der Waals surface area contributed by atoms with Crippen LogP contribution in [0.4, 0.5) is 8.78 Å². The molecule has 25 heavy (non-hydrogen) atoms. The zero-order valence-electron chi connectivity index (χ0n) is 15.1. The van der Waals surface area contributed by atoms with Crippen molar-refractivity contribution < 1.29 is 23.4 Å². The molecule has 0 aromatic heterocycles. The molecule has 2 rings (SSSR count). The molecule has 0 unspecified atom stereocenters. The minimum absolute atomic E-state index is 0.0901. The van der Waals surface area contributed by atoms with E-state index >= 15 is 0 Å². The Morgan fingerprint density at radius 1 is 1.32 bits per heavy atom. The van der Waals surface area contributed by atoms with Gasteiger partial charge in [-0.1, -0.05) is 19.9 Å². The standard InChI is InChI=1S/C19H29F2NO3/c1-14(2)12-24-13-17(23)10-22(11-18-4-3-7-25-18)9-15-5-6-16(20)8-19(15)21/h5-6,8,14,17-18,23H,3-4,7,9-13H2,1-2H3/t17-,18+/m1/s1. The number of benzene rings is 1. The maximum absolute atomic E-state index is 14.0. The van der Waals surface area contributed by atoms with Gasteiger partial charge in [-0.05, 0) is 24.8 Å². The van der Waals surface area contributed by atoms with E-state index in [0.29, 0.717) is 37.7 Å². The molecule has 1 heterocycles. The smallest absolute Gasteiger partial charge is 0.130 e. The Labute approximate surface area is 148 Å². The van der Waals surface area contributed by atoms with E-state index in [1.807, 2.05) is 18.7 Å². The summed E-state index contributed by atoms with van der Waals surface area (Å²) >= 11 is 0. The normalized spacial score (nSPS) is 19.1. The lowest BCUT2D eigenvalue weighted by Crippen LogP contribution is -2.39. The van der Waals surface area contributed by atoms with Gasteiger partial charge in [0.2, 0.25) is 0 Å². The molecule has 1 aliphatic heterocycles. The number of hydrogen-bond acceptors (Lipinski definition) is 4. The third kappa shape index (κ3) is 7.36. The molecule has 1 aliphatic rings. The minimum Gasteiger partial charge on any atom is -0.389 e. The van der Waals surface area contributed by atoms with Crippen LogP contribution in [0.2, 0.25) is 0 Å². The molecule has 1 saturated heterocycles. The second-order valence-corrected chi connectivity index (χ2v) is 7.15. The second-order valence-electron chi connectivity index (χ2n) is 7.15. The maximum Gasteiger partial charge on any atom is 0.130 e. The van der Waals surface area contributed by atoms with E-state index in [2.05, 4.69) is 0 Å². The molecule has 1 aromatic rings. The van der Waals surface area contributed by atoms with E-state index in [1.165, 1.54) is 12.1 Å². The fourth-order valence-electron chi connectivity index (χ4n) is 2.96. The van der Waals surface area contributed by atoms with E-state index in [1.54, 1.807) is 0 Å². The van der Waals surface area contributed by atoms with Crippen LogP contribution in [-0.2, 0) is 16.0 Å². The van der Waals surface area contributed by atoms with Crippen LogP contribution in [0.25, 0.3) is 0 Å². The zero-order valence-corrected chi connectivity index (χ0v) is 15.1. The summed E-state index contributed by atoms with van der Waals surface area (Å²) in [6.07, 6.45) is 1.40. The molecule has 0 bridgehead atoms. The Morgan fingerprint density at radius 2 is 2.12 bits per heavy atom. The Bertz CT molecular complexity index is 521. The van der Waals surface area contributed by atoms with Crippen LogP contribution in [0, 0.1) is 17.6 Å². The van der Waals surface area contributed by atoms with Crippen molar-refractivity contribution in [2.24, 2.45) is 5.92 Å². The van der Waals surface area contributed by atoms with E-state index in [9.17, 15) is 13.9 Å². The van der Waals surface area contributed by atoms with E-state index in [4.69, 9.17) is 9.47 Å². The number of halogens is 2. The Morgan fingerprint density at radius 3 is 2.76 bits per heavy atom. The lowest BCUT2D eigenvalue weighted by Gasteiger charge is -2.27. The largest absolute Gasteiger partial charge is 0.389 e. The molecule has 0 spiro atoms. The van der Waals surface area contributed by atoms with Crippen LogP contribution in [0.5, 0.6) is 0 Å². The van der Waals surface area contributed by atoms with Gasteiger partial charge in [0.15, 0.2) is 0 Å². The van der Waals surface area contributed by atoms with Crippen LogP contribution in [-0.4, -0.2) is 55.1 Å². The van der Waals surface area contributed by atoms with Crippen LogP contribution < -0.4 is 0 Å². The molecule has 4 nitrogen and oxygen atoms in total. The highest BCUT2D eigenvalue weighted by atomic mass is 19.1. The van der Waals surface area contributed by atoms with Crippen molar-refractivity contribution in [1.29, 1.82) is 0 Å². The first-order valence-corrected chi connectivity index (χ1v) is 8.97. The molecule has 1 aromatic carbocycles. The molecule has 1 fully saturated rings. The van der Waals surface area contributed by atoms with Gasteiger partial charge >= 0.3 is 0 Å². The summed E-state index contributed by atoms with van der Waals surface area (Å²) in [6, 6.07) is 3.60. The van der Waals surface area contributed by atoms with Gasteiger partial charge in [0.1, 0.15) is 11.6 Å². The van der Waals surface area contributed by atoms with Crippen LogP contribution in [0.3, 0.4) is 0 Å². The van der Waals surface area contributed by atoms with Crippen molar-refractivity contribution in [3.05, 3.63) is 35.4 Å². The molecule has 1 N–H and O–H groups in total. The number of hydrogen-bond donors (Lipinski definition) is 1. The number of ether oxygens (including phenoxy) is 2. The average Bonchev–Trinajstić information content (AvgIpc) is 3.02. The monoisotopic (exact) mass is 357 g/mol. The maximum atomic E-state index is 14.0. The van der Waals surface area contributed by atoms with Gasteiger partial charge in [0.05, 0.1) is 18.8 Å². The van der Waals surface area contributed by atoms with E-state index in [-0.39, 0.29) is 12.7 Å².